The Morgan fingerprint density at radius 3 is 3.05 bits per heavy atom. The van der Waals surface area contributed by atoms with E-state index in [4.69, 9.17) is 0 Å². The molecule has 1 aliphatic rings. The zero-order valence-electron chi connectivity index (χ0n) is 11.0. The molecular weight excluding hydrogens is 258 g/mol. The number of para-hydroxylation sites is 1. The second-order valence-corrected chi connectivity index (χ2v) is 5.51. The number of anilines is 1. The van der Waals surface area contributed by atoms with Crippen molar-refractivity contribution in [3.8, 4) is 0 Å². The Kier molecular flexibility index (Phi) is 3.06. The molecular formula is C14H15N3OS. The minimum Gasteiger partial charge on any atom is -0.304 e. The summed E-state index contributed by atoms with van der Waals surface area (Å²) in [7, 11) is 0. The molecule has 0 aliphatic carbocycles. The molecule has 2 heterocycles. The van der Waals surface area contributed by atoms with Crippen molar-refractivity contribution in [2.24, 2.45) is 0 Å². The van der Waals surface area contributed by atoms with Crippen molar-refractivity contribution >= 4 is 23.1 Å². The van der Waals surface area contributed by atoms with Gasteiger partial charge in [-0.15, -0.1) is 5.10 Å². The van der Waals surface area contributed by atoms with Gasteiger partial charge in [0.2, 0.25) is 0 Å². The Morgan fingerprint density at radius 2 is 2.26 bits per heavy atom. The first-order chi connectivity index (χ1) is 9.22. The van der Waals surface area contributed by atoms with Gasteiger partial charge in [0.1, 0.15) is 4.88 Å². The number of carbonyl (C=O) groups excluding carboxylic acids is 1. The smallest absolute Gasteiger partial charge is 0.272 e. The lowest BCUT2D eigenvalue weighted by Gasteiger charge is -2.22. The van der Waals surface area contributed by atoms with Crippen LogP contribution in [0.25, 0.3) is 0 Å². The van der Waals surface area contributed by atoms with Crippen molar-refractivity contribution in [1.82, 2.24) is 9.59 Å². The fourth-order valence-corrected chi connectivity index (χ4v) is 3.27. The molecule has 5 heteroatoms. The van der Waals surface area contributed by atoms with Gasteiger partial charge in [-0.05, 0) is 42.9 Å². The van der Waals surface area contributed by atoms with Crippen LogP contribution in [0.4, 0.5) is 5.69 Å². The Morgan fingerprint density at radius 1 is 1.47 bits per heavy atom. The van der Waals surface area contributed by atoms with Crippen LogP contribution in [0.5, 0.6) is 0 Å². The maximum absolute atomic E-state index is 12.7. The number of carbonyl (C=O) groups is 1. The third kappa shape index (κ3) is 1.94. The molecule has 1 aromatic heterocycles. The van der Waals surface area contributed by atoms with Crippen LogP contribution in [-0.2, 0) is 12.8 Å². The molecule has 0 radical (unpaired) electrons. The van der Waals surface area contributed by atoms with E-state index in [1.54, 1.807) is 0 Å². The molecule has 98 valence electrons. The zero-order chi connectivity index (χ0) is 13.4. The second kappa shape index (κ2) is 4.74. The van der Waals surface area contributed by atoms with Gasteiger partial charge in [0, 0.05) is 11.7 Å². The predicted octanol–water partition coefficient (Wildman–Crippen LogP) is 2.69. The summed E-state index contributed by atoms with van der Waals surface area (Å²) in [5, 5.41) is 4.03. The quantitative estimate of drug-likeness (QED) is 0.845. The van der Waals surface area contributed by atoms with Gasteiger partial charge >= 0.3 is 0 Å². The van der Waals surface area contributed by atoms with Crippen LogP contribution < -0.4 is 4.90 Å². The fourth-order valence-electron chi connectivity index (χ4n) is 2.59. The third-order valence-corrected chi connectivity index (χ3v) is 4.27. The van der Waals surface area contributed by atoms with Gasteiger partial charge in [-0.1, -0.05) is 29.6 Å². The number of aromatic nitrogens is 2. The van der Waals surface area contributed by atoms with Crippen molar-refractivity contribution in [3.63, 3.8) is 0 Å². The van der Waals surface area contributed by atoms with E-state index in [-0.39, 0.29) is 11.9 Å². The number of rotatable bonds is 2. The van der Waals surface area contributed by atoms with Crippen LogP contribution in [0.1, 0.15) is 34.8 Å². The van der Waals surface area contributed by atoms with Gasteiger partial charge in [-0.2, -0.15) is 0 Å². The van der Waals surface area contributed by atoms with Gasteiger partial charge in [0.15, 0.2) is 0 Å². The fraction of sp³-hybridized carbons (Fsp3) is 0.357. The van der Waals surface area contributed by atoms with E-state index in [9.17, 15) is 4.79 Å². The normalized spacial score (nSPS) is 17.6. The number of fused-ring (bicyclic) bond motifs is 1. The first-order valence-electron chi connectivity index (χ1n) is 6.45. The largest absolute Gasteiger partial charge is 0.304 e. The minimum atomic E-state index is 0.0318. The number of amides is 1. The van der Waals surface area contributed by atoms with Gasteiger partial charge in [0.25, 0.3) is 5.91 Å². The highest BCUT2D eigenvalue weighted by molar-refractivity contribution is 7.08. The topological polar surface area (TPSA) is 46.1 Å². The van der Waals surface area contributed by atoms with E-state index in [1.165, 1.54) is 17.1 Å². The SMILES string of the molecule is CCc1nnsc1C(=O)N1c2ccccc2C[C@H]1C. The highest BCUT2D eigenvalue weighted by Crippen LogP contribution is 2.33. The molecule has 0 saturated carbocycles. The molecule has 0 bridgehead atoms. The van der Waals surface area contributed by atoms with E-state index in [0.29, 0.717) is 4.88 Å². The van der Waals surface area contributed by atoms with Gasteiger partial charge < -0.3 is 4.90 Å². The minimum absolute atomic E-state index is 0.0318. The highest BCUT2D eigenvalue weighted by Gasteiger charge is 2.33. The summed E-state index contributed by atoms with van der Waals surface area (Å²) in [6.07, 6.45) is 1.65. The van der Waals surface area contributed by atoms with E-state index < -0.39 is 0 Å². The summed E-state index contributed by atoms with van der Waals surface area (Å²) in [5.41, 5.74) is 3.06. The molecule has 2 aromatic rings. The van der Waals surface area contributed by atoms with E-state index in [0.717, 1.165) is 24.2 Å². The molecule has 0 unspecified atom stereocenters. The van der Waals surface area contributed by atoms with Crippen molar-refractivity contribution in [3.05, 3.63) is 40.4 Å². The van der Waals surface area contributed by atoms with Crippen LogP contribution in [0.3, 0.4) is 0 Å². The van der Waals surface area contributed by atoms with E-state index >= 15 is 0 Å². The predicted molar refractivity (Wildman–Crippen MR) is 75.7 cm³/mol. The lowest BCUT2D eigenvalue weighted by molar-refractivity contribution is 0.0984. The summed E-state index contributed by atoms with van der Waals surface area (Å²) in [6, 6.07) is 8.28. The summed E-state index contributed by atoms with van der Waals surface area (Å²) < 4.78 is 3.91. The molecule has 0 saturated heterocycles. The van der Waals surface area contributed by atoms with Crippen molar-refractivity contribution in [2.75, 3.05) is 4.90 Å². The molecule has 1 atom stereocenters. The summed E-state index contributed by atoms with van der Waals surface area (Å²) >= 11 is 1.19. The average Bonchev–Trinajstić information content (AvgIpc) is 3.00. The summed E-state index contributed by atoms with van der Waals surface area (Å²) in [4.78, 5) is 15.3. The summed E-state index contributed by atoms with van der Waals surface area (Å²) in [6.45, 7) is 4.08. The number of aryl methyl sites for hydroxylation is 1. The van der Waals surface area contributed by atoms with E-state index in [2.05, 4.69) is 22.6 Å². The number of benzene rings is 1. The maximum atomic E-state index is 12.7. The molecule has 0 N–H and O–H groups in total. The monoisotopic (exact) mass is 273 g/mol. The lowest BCUT2D eigenvalue weighted by atomic mass is 10.1. The first-order valence-corrected chi connectivity index (χ1v) is 7.22. The maximum Gasteiger partial charge on any atom is 0.272 e. The Bertz CT molecular complexity index is 623. The summed E-state index contributed by atoms with van der Waals surface area (Å²) in [5.74, 6) is 0.0318. The second-order valence-electron chi connectivity index (χ2n) is 4.76. The van der Waals surface area contributed by atoms with Gasteiger partial charge in [-0.25, -0.2) is 0 Å². The Labute approximate surface area is 116 Å². The van der Waals surface area contributed by atoms with Crippen LogP contribution in [0.15, 0.2) is 24.3 Å². The van der Waals surface area contributed by atoms with E-state index in [1.807, 2.05) is 30.0 Å². The molecule has 3 rings (SSSR count). The number of hydrogen-bond donors (Lipinski definition) is 0. The van der Waals surface area contributed by atoms with Crippen molar-refractivity contribution < 1.29 is 4.79 Å². The highest BCUT2D eigenvalue weighted by atomic mass is 32.1. The molecule has 0 fully saturated rings. The Balaban J connectivity index is 2.01. The molecule has 1 aromatic carbocycles. The van der Waals surface area contributed by atoms with Crippen molar-refractivity contribution in [2.45, 2.75) is 32.7 Å². The molecule has 19 heavy (non-hydrogen) atoms. The molecule has 1 amide bonds. The van der Waals surface area contributed by atoms with Gasteiger partial charge in [0.05, 0.1) is 5.69 Å². The first kappa shape index (κ1) is 12.3. The van der Waals surface area contributed by atoms with Crippen molar-refractivity contribution in [1.29, 1.82) is 0 Å². The average molecular weight is 273 g/mol. The molecule has 1 aliphatic heterocycles. The van der Waals surface area contributed by atoms with Gasteiger partial charge in [-0.3, -0.25) is 4.79 Å². The number of hydrogen-bond acceptors (Lipinski definition) is 4. The molecule has 0 spiro atoms. The van der Waals surface area contributed by atoms with Crippen LogP contribution in [-0.4, -0.2) is 21.5 Å². The van der Waals surface area contributed by atoms with Crippen LogP contribution in [0, 0.1) is 0 Å². The molecule has 4 nitrogen and oxygen atoms in total. The zero-order valence-corrected chi connectivity index (χ0v) is 11.8. The Hall–Kier alpha value is -1.75. The van der Waals surface area contributed by atoms with Crippen LogP contribution in [0.2, 0.25) is 0 Å². The third-order valence-electron chi connectivity index (χ3n) is 3.51. The lowest BCUT2D eigenvalue weighted by Crippen LogP contribution is -2.35. The number of nitrogens with zero attached hydrogens (tertiary/aromatic N) is 3. The van der Waals surface area contributed by atoms with Crippen LogP contribution >= 0.6 is 11.5 Å². The standard InChI is InChI=1S/C14H15N3OS/c1-3-11-13(19-16-15-11)14(18)17-9(2)8-10-6-4-5-7-12(10)17/h4-7,9H,3,8H2,1-2H3/t9-/m1/s1.